The summed E-state index contributed by atoms with van der Waals surface area (Å²) in [4.78, 5) is 4.35. The highest BCUT2D eigenvalue weighted by Gasteiger charge is 2.07. The molecule has 13 heavy (non-hydrogen) atoms. The highest BCUT2D eigenvalue weighted by molar-refractivity contribution is 6.35. The predicted molar refractivity (Wildman–Crippen MR) is 55.3 cm³/mol. The summed E-state index contributed by atoms with van der Waals surface area (Å²) in [6.45, 7) is 0. The maximum atomic E-state index is 6.00. The predicted octanol–water partition coefficient (Wildman–Crippen LogP) is 2.27. The second kappa shape index (κ2) is 2.92. The van der Waals surface area contributed by atoms with Crippen molar-refractivity contribution in [1.29, 1.82) is 0 Å². The fourth-order valence-electron chi connectivity index (χ4n) is 1.40. The van der Waals surface area contributed by atoms with E-state index < -0.39 is 0 Å². The highest BCUT2D eigenvalue weighted by atomic mass is 35.5. The van der Waals surface area contributed by atoms with Crippen LogP contribution in [0.3, 0.4) is 0 Å². The van der Waals surface area contributed by atoms with Crippen LogP contribution >= 0.6 is 11.6 Å². The van der Waals surface area contributed by atoms with Crippen LogP contribution in [0.5, 0.6) is 0 Å². The van der Waals surface area contributed by atoms with Crippen molar-refractivity contribution in [3.05, 3.63) is 23.2 Å². The molecule has 2 rings (SSSR count). The molecule has 1 aromatic heterocycles. The molecule has 0 saturated carbocycles. The Hall–Kier alpha value is -1.22. The number of halogens is 1. The van der Waals surface area contributed by atoms with Gasteiger partial charge in [-0.2, -0.15) is 0 Å². The normalized spacial score (nSPS) is 10.7. The van der Waals surface area contributed by atoms with Crippen molar-refractivity contribution in [3.63, 3.8) is 0 Å². The summed E-state index contributed by atoms with van der Waals surface area (Å²) in [7, 11) is 3.80. The third-order valence-corrected chi connectivity index (χ3v) is 2.39. The van der Waals surface area contributed by atoms with Crippen molar-refractivity contribution in [1.82, 2.24) is 9.55 Å². The van der Waals surface area contributed by atoms with Crippen molar-refractivity contribution in [2.45, 2.75) is 0 Å². The molecule has 3 nitrogen and oxygen atoms in total. The Morgan fingerprint density at radius 1 is 1.46 bits per heavy atom. The van der Waals surface area contributed by atoms with E-state index in [-0.39, 0.29) is 0 Å². The number of nitrogens with zero attached hydrogens (tertiary/aromatic N) is 2. The summed E-state index contributed by atoms with van der Waals surface area (Å²) in [6.07, 6.45) is 0. The highest BCUT2D eigenvalue weighted by Crippen LogP contribution is 2.24. The first-order valence-corrected chi connectivity index (χ1v) is 4.40. The first-order valence-electron chi connectivity index (χ1n) is 4.02. The van der Waals surface area contributed by atoms with Crippen molar-refractivity contribution in [2.75, 3.05) is 12.4 Å². The molecule has 1 heterocycles. The van der Waals surface area contributed by atoms with E-state index in [1.807, 2.05) is 36.9 Å². The minimum absolute atomic E-state index is 0.689. The molecule has 1 N–H and O–H groups in total. The molecule has 0 spiro atoms. The Balaban J connectivity index is 2.83. The number of fused-ring (bicyclic) bond motifs is 1. The molecule has 68 valence electrons. The molecule has 0 radical (unpaired) electrons. The maximum Gasteiger partial charge on any atom is 0.203 e. The lowest BCUT2D eigenvalue weighted by Gasteiger charge is -1.98. The fourth-order valence-corrected chi connectivity index (χ4v) is 1.62. The van der Waals surface area contributed by atoms with E-state index >= 15 is 0 Å². The van der Waals surface area contributed by atoms with E-state index in [4.69, 9.17) is 11.6 Å². The molecule has 2 aromatic rings. The van der Waals surface area contributed by atoms with Crippen LogP contribution in [0, 0.1) is 0 Å². The minimum atomic E-state index is 0.689. The number of hydrogen-bond acceptors (Lipinski definition) is 2. The molecule has 0 amide bonds. The Labute approximate surface area is 81.3 Å². The van der Waals surface area contributed by atoms with Crippen LogP contribution in [0.2, 0.25) is 5.02 Å². The van der Waals surface area contributed by atoms with Gasteiger partial charge in [0.05, 0.1) is 10.5 Å². The van der Waals surface area contributed by atoms with Crippen LogP contribution in [0.25, 0.3) is 11.0 Å². The number of benzene rings is 1. The molecular weight excluding hydrogens is 186 g/mol. The molecule has 0 saturated heterocycles. The lowest BCUT2D eigenvalue weighted by Crippen LogP contribution is -1.97. The summed E-state index contributed by atoms with van der Waals surface area (Å²) in [5, 5.41) is 3.69. The quantitative estimate of drug-likeness (QED) is 0.757. The fraction of sp³-hybridized carbons (Fsp3) is 0.222. The monoisotopic (exact) mass is 195 g/mol. The van der Waals surface area contributed by atoms with Gasteiger partial charge in [0.15, 0.2) is 0 Å². The summed E-state index contributed by atoms with van der Waals surface area (Å²) in [6, 6.07) is 5.76. The molecule has 4 heteroatoms. The summed E-state index contributed by atoms with van der Waals surface area (Å²) in [5.41, 5.74) is 1.88. The standard InChI is InChI=1S/C9H10ClN3/c1-11-9-12-8-6(10)4-3-5-7(8)13(9)2/h3-5H,1-2H3,(H,11,12). The number of anilines is 1. The van der Waals surface area contributed by atoms with Crippen molar-refractivity contribution in [2.24, 2.45) is 7.05 Å². The first-order chi connectivity index (χ1) is 6.24. The zero-order valence-electron chi connectivity index (χ0n) is 7.50. The second-order valence-corrected chi connectivity index (χ2v) is 3.26. The lowest BCUT2D eigenvalue weighted by atomic mass is 10.3. The minimum Gasteiger partial charge on any atom is -0.359 e. The smallest absolute Gasteiger partial charge is 0.203 e. The zero-order chi connectivity index (χ0) is 9.42. The van der Waals surface area contributed by atoms with E-state index in [2.05, 4.69) is 10.3 Å². The van der Waals surface area contributed by atoms with Crippen LogP contribution in [-0.2, 0) is 7.05 Å². The molecular formula is C9H10ClN3. The van der Waals surface area contributed by atoms with Gasteiger partial charge in [0.2, 0.25) is 5.95 Å². The molecule has 0 aliphatic heterocycles. The van der Waals surface area contributed by atoms with Crippen LogP contribution in [-0.4, -0.2) is 16.6 Å². The molecule has 0 bridgehead atoms. The van der Waals surface area contributed by atoms with Gasteiger partial charge in [-0.25, -0.2) is 4.98 Å². The average molecular weight is 196 g/mol. The SMILES string of the molecule is CNc1nc2c(Cl)cccc2n1C. The first kappa shape index (κ1) is 8.38. The third-order valence-electron chi connectivity index (χ3n) is 2.09. The Bertz CT molecular complexity index is 447. The van der Waals surface area contributed by atoms with Gasteiger partial charge in [-0.3, -0.25) is 0 Å². The Kier molecular flexibility index (Phi) is 1.88. The molecule has 1 aromatic carbocycles. The number of hydrogen-bond donors (Lipinski definition) is 1. The van der Waals surface area contributed by atoms with Gasteiger partial charge in [-0.1, -0.05) is 17.7 Å². The summed E-state index contributed by atoms with van der Waals surface area (Å²) in [5.74, 6) is 0.822. The molecule has 0 aliphatic rings. The van der Waals surface area contributed by atoms with E-state index in [0.29, 0.717) is 5.02 Å². The van der Waals surface area contributed by atoms with Gasteiger partial charge in [-0.05, 0) is 12.1 Å². The number of rotatable bonds is 1. The Morgan fingerprint density at radius 3 is 2.85 bits per heavy atom. The summed E-state index contributed by atoms with van der Waals surface area (Å²) < 4.78 is 1.97. The Morgan fingerprint density at radius 2 is 2.23 bits per heavy atom. The molecule has 0 unspecified atom stereocenters. The zero-order valence-corrected chi connectivity index (χ0v) is 8.26. The number of aromatic nitrogens is 2. The van der Waals surface area contributed by atoms with Crippen LogP contribution in [0.1, 0.15) is 0 Å². The van der Waals surface area contributed by atoms with Crippen molar-refractivity contribution < 1.29 is 0 Å². The summed E-state index contributed by atoms with van der Waals surface area (Å²) >= 11 is 6.00. The number of nitrogens with one attached hydrogen (secondary N) is 1. The van der Waals surface area contributed by atoms with Crippen molar-refractivity contribution >= 4 is 28.6 Å². The molecule has 0 atom stereocenters. The molecule has 0 aliphatic carbocycles. The second-order valence-electron chi connectivity index (χ2n) is 2.85. The topological polar surface area (TPSA) is 29.9 Å². The average Bonchev–Trinajstić information content (AvgIpc) is 2.45. The van der Waals surface area contributed by atoms with E-state index in [0.717, 1.165) is 17.0 Å². The van der Waals surface area contributed by atoms with Gasteiger partial charge < -0.3 is 9.88 Å². The third kappa shape index (κ3) is 1.16. The van der Waals surface area contributed by atoms with E-state index in [1.54, 1.807) is 0 Å². The van der Waals surface area contributed by atoms with E-state index in [1.165, 1.54) is 0 Å². The van der Waals surface area contributed by atoms with E-state index in [9.17, 15) is 0 Å². The number of para-hydroxylation sites is 1. The van der Waals surface area contributed by atoms with Crippen LogP contribution in [0.4, 0.5) is 5.95 Å². The molecule has 0 fully saturated rings. The van der Waals surface area contributed by atoms with Crippen LogP contribution in [0.15, 0.2) is 18.2 Å². The van der Waals surface area contributed by atoms with Gasteiger partial charge >= 0.3 is 0 Å². The van der Waals surface area contributed by atoms with Gasteiger partial charge in [-0.15, -0.1) is 0 Å². The van der Waals surface area contributed by atoms with Gasteiger partial charge in [0.25, 0.3) is 0 Å². The lowest BCUT2D eigenvalue weighted by molar-refractivity contribution is 0.952. The largest absolute Gasteiger partial charge is 0.359 e. The van der Waals surface area contributed by atoms with Crippen molar-refractivity contribution in [3.8, 4) is 0 Å². The van der Waals surface area contributed by atoms with Gasteiger partial charge in [0.1, 0.15) is 5.52 Å². The van der Waals surface area contributed by atoms with Crippen LogP contribution < -0.4 is 5.32 Å². The van der Waals surface area contributed by atoms with Gasteiger partial charge in [0, 0.05) is 14.1 Å². The number of aryl methyl sites for hydroxylation is 1. The number of imidazole rings is 1. The maximum absolute atomic E-state index is 6.00.